The Morgan fingerprint density at radius 3 is 1.89 bits per heavy atom. The van der Waals surface area contributed by atoms with Crippen LogP contribution in [0.3, 0.4) is 0 Å². The van der Waals surface area contributed by atoms with Crippen molar-refractivity contribution in [3.8, 4) is 11.3 Å². The average Bonchev–Trinajstić information content (AvgIpc) is 3.33. The highest BCUT2D eigenvalue weighted by Gasteiger charge is 2.36. The Hall–Kier alpha value is -2.32. The fourth-order valence-electron chi connectivity index (χ4n) is 4.99. The fourth-order valence-corrected chi connectivity index (χ4v) is 8.29. The molecule has 8 heteroatoms. The summed E-state index contributed by atoms with van der Waals surface area (Å²) in [4.78, 5) is 7.20. The highest BCUT2D eigenvalue weighted by molar-refractivity contribution is 7.92. The molecule has 0 spiro atoms. The van der Waals surface area contributed by atoms with Crippen LogP contribution in [-0.4, -0.2) is 31.7 Å². The zero-order valence-electron chi connectivity index (χ0n) is 22.4. The van der Waals surface area contributed by atoms with Crippen molar-refractivity contribution in [1.29, 1.82) is 0 Å². The Bertz CT molecular complexity index is 1320. The summed E-state index contributed by atoms with van der Waals surface area (Å²) in [5.74, 6) is -0.760. The van der Waals surface area contributed by atoms with Crippen LogP contribution >= 0.6 is 11.3 Å². The molecule has 4 nitrogen and oxygen atoms in total. The zero-order valence-corrected chi connectivity index (χ0v) is 24.0. The minimum absolute atomic E-state index is 0.0995. The molecule has 3 aromatic rings. The van der Waals surface area contributed by atoms with Crippen LogP contribution in [0, 0.1) is 11.6 Å². The van der Waals surface area contributed by atoms with E-state index in [2.05, 4.69) is 63.6 Å². The molecule has 37 heavy (non-hydrogen) atoms. The Morgan fingerprint density at radius 1 is 0.865 bits per heavy atom. The number of piperidine rings is 1. The smallest absolute Gasteiger partial charge is 0.185 e. The van der Waals surface area contributed by atoms with Crippen LogP contribution in [0.15, 0.2) is 40.6 Å². The summed E-state index contributed by atoms with van der Waals surface area (Å²) in [5.41, 5.74) is 3.93. The van der Waals surface area contributed by atoms with E-state index in [0.29, 0.717) is 48.0 Å². The molecule has 1 fully saturated rings. The van der Waals surface area contributed by atoms with Gasteiger partial charge in [0.1, 0.15) is 11.6 Å². The van der Waals surface area contributed by atoms with Gasteiger partial charge in [-0.1, -0.05) is 53.7 Å². The molecule has 200 valence electrons. The largest absolute Gasteiger partial charge is 0.348 e. The second-order valence-electron chi connectivity index (χ2n) is 10.9. The Labute approximate surface area is 223 Å². The third-order valence-corrected chi connectivity index (χ3v) is 10.5. The summed E-state index contributed by atoms with van der Waals surface area (Å²) < 4.78 is 55.5. The van der Waals surface area contributed by atoms with Gasteiger partial charge in [-0.2, -0.15) is 0 Å². The van der Waals surface area contributed by atoms with Crippen molar-refractivity contribution in [1.82, 2.24) is 4.98 Å². The second kappa shape index (κ2) is 10.8. The number of aromatic nitrogens is 1. The number of rotatable bonds is 7. The molecule has 0 aliphatic carbocycles. The van der Waals surface area contributed by atoms with Crippen molar-refractivity contribution in [3.05, 3.63) is 64.0 Å². The molecule has 0 N–H and O–H groups in total. The van der Waals surface area contributed by atoms with E-state index in [1.165, 1.54) is 29.0 Å². The average molecular weight is 547 g/mol. The van der Waals surface area contributed by atoms with Crippen LogP contribution in [-0.2, 0) is 9.84 Å². The van der Waals surface area contributed by atoms with E-state index in [4.69, 9.17) is 0 Å². The number of nitrogens with zero attached hydrogens (tertiary/aromatic N) is 2. The fraction of sp³-hybridized carbons (Fsp3) is 0.483. The van der Waals surface area contributed by atoms with Gasteiger partial charge in [0, 0.05) is 30.1 Å². The molecule has 0 radical (unpaired) electrons. The first-order valence-corrected chi connectivity index (χ1v) is 15.4. The highest BCUT2D eigenvalue weighted by Crippen LogP contribution is 2.39. The maximum Gasteiger partial charge on any atom is 0.185 e. The number of hydrogen-bond donors (Lipinski definition) is 0. The molecular formula is C29H36F2N2O2S2. The van der Waals surface area contributed by atoms with Crippen molar-refractivity contribution in [3.63, 3.8) is 0 Å². The molecule has 1 aliphatic heterocycles. The minimum atomic E-state index is -3.54. The van der Waals surface area contributed by atoms with Crippen molar-refractivity contribution in [2.75, 3.05) is 18.0 Å². The van der Waals surface area contributed by atoms with Gasteiger partial charge in [-0.3, -0.25) is 0 Å². The summed E-state index contributed by atoms with van der Waals surface area (Å²) in [6.07, 6.45) is 1.01. The van der Waals surface area contributed by atoms with Crippen molar-refractivity contribution < 1.29 is 17.2 Å². The van der Waals surface area contributed by atoms with Crippen LogP contribution in [0.5, 0.6) is 0 Å². The molecule has 0 saturated carbocycles. The summed E-state index contributed by atoms with van der Waals surface area (Å²) in [7, 11) is -3.54. The first-order valence-electron chi connectivity index (χ1n) is 13.0. The van der Waals surface area contributed by atoms with Crippen LogP contribution in [0.4, 0.5) is 13.9 Å². The zero-order chi connectivity index (χ0) is 27.1. The van der Waals surface area contributed by atoms with Gasteiger partial charge in [0.05, 0.1) is 15.8 Å². The van der Waals surface area contributed by atoms with Crippen molar-refractivity contribution in [2.24, 2.45) is 0 Å². The lowest BCUT2D eigenvalue weighted by atomic mass is 9.89. The molecule has 4 rings (SSSR count). The molecule has 1 saturated heterocycles. The van der Waals surface area contributed by atoms with E-state index in [0.717, 1.165) is 22.3 Å². The number of anilines is 1. The van der Waals surface area contributed by atoms with E-state index in [1.807, 2.05) is 0 Å². The van der Waals surface area contributed by atoms with E-state index in [-0.39, 0.29) is 11.8 Å². The molecule has 0 unspecified atom stereocenters. The monoisotopic (exact) mass is 546 g/mol. The van der Waals surface area contributed by atoms with E-state index in [1.54, 1.807) is 5.38 Å². The van der Waals surface area contributed by atoms with Crippen molar-refractivity contribution >= 4 is 26.3 Å². The second-order valence-corrected chi connectivity index (χ2v) is 13.9. The summed E-state index contributed by atoms with van der Waals surface area (Å²) in [5, 5.41) is 2.06. The first-order chi connectivity index (χ1) is 17.4. The molecular weight excluding hydrogens is 510 g/mol. The molecule has 2 heterocycles. The normalized spacial score (nSPS) is 15.4. The molecule has 0 bridgehead atoms. The lowest BCUT2D eigenvalue weighted by Gasteiger charge is -2.33. The van der Waals surface area contributed by atoms with Gasteiger partial charge in [0.25, 0.3) is 0 Å². The minimum Gasteiger partial charge on any atom is -0.348 e. The molecule has 0 atom stereocenters. The van der Waals surface area contributed by atoms with Crippen LogP contribution in [0.1, 0.15) is 88.8 Å². The predicted molar refractivity (Wildman–Crippen MR) is 149 cm³/mol. The Kier molecular flexibility index (Phi) is 8.10. The molecule has 1 aromatic heterocycles. The quantitative estimate of drug-likeness (QED) is 0.302. The first kappa shape index (κ1) is 27.7. The highest BCUT2D eigenvalue weighted by atomic mass is 32.2. The van der Waals surface area contributed by atoms with Gasteiger partial charge >= 0.3 is 0 Å². The summed E-state index contributed by atoms with van der Waals surface area (Å²) >= 11 is 1.41. The summed E-state index contributed by atoms with van der Waals surface area (Å²) in [6.45, 7) is 13.7. The summed E-state index contributed by atoms with van der Waals surface area (Å²) in [6, 6.07) is 7.56. The molecule has 2 aromatic carbocycles. The van der Waals surface area contributed by atoms with Gasteiger partial charge < -0.3 is 4.90 Å². The van der Waals surface area contributed by atoms with Gasteiger partial charge in [0.15, 0.2) is 15.0 Å². The number of thiazole rings is 1. The van der Waals surface area contributed by atoms with E-state index < -0.39 is 26.7 Å². The Balaban J connectivity index is 1.58. The number of halogens is 2. The van der Waals surface area contributed by atoms with Crippen LogP contribution in [0.2, 0.25) is 0 Å². The third-order valence-electron chi connectivity index (χ3n) is 7.17. The maximum atomic E-state index is 14.1. The molecule has 1 aliphatic rings. The van der Waals surface area contributed by atoms with Crippen molar-refractivity contribution in [2.45, 2.75) is 82.3 Å². The van der Waals surface area contributed by atoms with Gasteiger partial charge in [-0.05, 0) is 59.4 Å². The maximum absolute atomic E-state index is 14.1. The van der Waals surface area contributed by atoms with Gasteiger partial charge in [0.2, 0.25) is 0 Å². The Morgan fingerprint density at radius 2 is 1.41 bits per heavy atom. The lowest BCUT2D eigenvalue weighted by Crippen LogP contribution is -2.39. The van der Waals surface area contributed by atoms with Crippen LogP contribution < -0.4 is 4.90 Å². The van der Waals surface area contributed by atoms with E-state index in [9.17, 15) is 17.2 Å². The number of hydrogen-bond acceptors (Lipinski definition) is 5. The van der Waals surface area contributed by atoms with Crippen LogP contribution in [0.25, 0.3) is 11.3 Å². The lowest BCUT2D eigenvalue weighted by molar-refractivity contribution is 0.526. The predicted octanol–water partition coefficient (Wildman–Crippen LogP) is 7.90. The number of sulfone groups is 1. The SMILES string of the molecule is CC(C)c1cc(C(C)C)c(S(=O)(=O)C2CCN(c3nc(-c4cc(F)cc(F)c4)cs3)CC2)c(C(C)C)c1. The number of benzene rings is 2. The van der Waals surface area contributed by atoms with E-state index >= 15 is 0 Å². The standard InChI is InChI=1S/C29H36F2N2O2S2/c1-17(2)20-13-25(18(3)4)28(26(14-20)19(5)6)37(34,35)24-7-9-33(10-8-24)29-32-27(16-36-29)21-11-22(30)15-23(31)12-21/h11-19,24H,7-10H2,1-6H3. The van der Waals surface area contributed by atoms with Gasteiger partial charge in [-0.25, -0.2) is 22.2 Å². The topological polar surface area (TPSA) is 50.3 Å². The third kappa shape index (κ3) is 5.75. The molecule has 0 amide bonds. The van der Waals surface area contributed by atoms with Gasteiger partial charge in [-0.15, -0.1) is 11.3 Å².